The normalized spacial score (nSPS) is 12.2. The number of ether oxygens (including phenoxy) is 2. The van der Waals surface area contributed by atoms with Gasteiger partial charge in [0.25, 0.3) is 0 Å². The molecule has 0 aromatic carbocycles. The van der Waals surface area contributed by atoms with Gasteiger partial charge in [0.15, 0.2) is 0 Å². The van der Waals surface area contributed by atoms with Gasteiger partial charge < -0.3 is 14.4 Å². The van der Waals surface area contributed by atoms with Crippen LogP contribution in [0.1, 0.15) is 246 Å². The minimum atomic E-state index is 0.00810. The van der Waals surface area contributed by atoms with Crippen LogP contribution < -0.4 is 0 Å². The second-order valence-electron chi connectivity index (χ2n) is 15.6. The molecule has 1 atom stereocenters. The van der Waals surface area contributed by atoms with Crippen molar-refractivity contribution in [1.29, 1.82) is 0 Å². The minimum absolute atomic E-state index is 0.00810. The molecule has 5 heteroatoms. The van der Waals surface area contributed by atoms with Crippen molar-refractivity contribution in [1.82, 2.24) is 4.90 Å². The van der Waals surface area contributed by atoms with Crippen LogP contribution in [-0.4, -0.2) is 49.2 Å². The molecule has 0 spiro atoms. The van der Waals surface area contributed by atoms with Crippen LogP contribution in [0, 0.1) is 0 Å². The van der Waals surface area contributed by atoms with Crippen LogP contribution in [0.15, 0.2) is 0 Å². The standard InChI is InChI=1S/C45H89NO4/c1-6-10-13-16-21-28-35-42(9-4)49-44(47)38-31-24-19-26-33-40-46(5)41-34-27-20-25-32-39-45(48)50-43(36-29-22-17-14-11-7-2)37-30-23-18-15-12-8-3/h42-43H,6-41H2,1-5H3. The number of esters is 2. The molecule has 50 heavy (non-hydrogen) atoms. The lowest BCUT2D eigenvalue weighted by atomic mass is 10.0. The second kappa shape index (κ2) is 39.1. The fourth-order valence-electron chi connectivity index (χ4n) is 7.03. The van der Waals surface area contributed by atoms with Gasteiger partial charge in [-0.2, -0.15) is 0 Å². The Morgan fingerprint density at radius 1 is 0.400 bits per heavy atom. The van der Waals surface area contributed by atoms with Gasteiger partial charge >= 0.3 is 11.9 Å². The fraction of sp³-hybridized carbons (Fsp3) is 0.956. The predicted molar refractivity (Wildman–Crippen MR) is 217 cm³/mol. The van der Waals surface area contributed by atoms with Crippen LogP contribution >= 0.6 is 0 Å². The Morgan fingerprint density at radius 3 is 1.08 bits per heavy atom. The summed E-state index contributed by atoms with van der Waals surface area (Å²) in [4.78, 5) is 27.4. The second-order valence-corrected chi connectivity index (χ2v) is 15.6. The lowest BCUT2D eigenvalue weighted by Crippen LogP contribution is -2.20. The lowest BCUT2D eigenvalue weighted by Gasteiger charge is -2.18. The van der Waals surface area contributed by atoms with E-state index in [0.717, 1.165) is 64.5 Å². The summed E-state index contributed by atoms with van der Waals surface area (Å²) in [5, 5.41) is 0. The first-order valence-electron chi connectivity index (χ1n) is 22.5. The number of hydrogen-bond donors (Lipinski definition) is 0. The highest BCUT2D eigenvalue weighted by Gasteiger charge is 2.15. The minimum Gasteiger partial charge on any atom is -0.462 e. The van der Waals surface area contributed by atoms with Crippen LogP contribution in [0.5, 0.6) is 0 Å². The van der Waals surface area contributed by atoms with Gasteiger partial charge in [-0.05, 0) is 90.8 Å². The molecule has 0 rings (SSSR count). The van der Waals surface area contributed by atoms with E-state index in [4.69, 9.17) is 9.47 Å². The van der Waals surface area contributed by atoms with E-state index in [9.17, 15) is 9.59 Å². The summed E-state index contributed by atoms with van der Waals surface area (Å²) in [7, 11) is 2.24. The maximum atomic E-state index is 12.7. The first-order chi connectivity index (χ1) is 24.5. The van der Waals surface area contributed by atoms with Crippen molar-refractivity contribution in [2.45, 2.75) is 258 Å². The molecule has 0 saturated carbocycles. The van der Waals surface area contributed by atoms with Crippen molar-refractivity contribution in [3.05, 3.63) is 0 Å². The Labute approximate surface area is 313 Å². The third kappa shape index (κ3) is 35.3. The number of nitrogens with zero attached hydrogens (tertiary/aromatic N) is 1. The molecule has 0 aromatic heterocycles. The van der Waals surface area contributed by atoms with Gasteiger partial charge in [0.05, 0.1) is 0 Å². The Balaban J connectivity index is 3.85. The summed E-state index contributed by atoms with van der Waals surface area (Å²) < 4.78 is 11.8. The van der Waals surface area contributed by atoms with Crippen molar-refractivity contribution in [2.24, 2.45) is 0 Å². The van der Waals surface area contributed by atoms with Gasteiger partial charge in [-0.15, -0.1) is 0 Å². The van der Waals surface area contributed by atoms with Gasteiger partial charge in [0, 0.05) is 12.8 Å². The maximum absolute atomic E-state index is 12.7. The molecule has 0 bridgehead atoms. The highest BCUT2D eigenvalue weighted by Crippen LogP contribution is 2.19. The predicted octanol–water partition coefficient (Wildman–Crippen LogP) is 14.1. The SMILES string of the molecule is CCCCCCCCC(CC)OC(=O)CCCCCCCN(C)CCCCCCCC(=O)OC(CCCCCCCC)CCCCCCCC. The van der Waals surface area contributed by atoms with Crippen molar-refractivity contribution < 1.29 is 19.1 Å². The zero-order valence-corrected chi connectivity index (χ0v) is 34.7. The van der Waals surface area contributed by atoms with Gasteiger partial charge in [-0.3, -0.25) is 9.59 Å². The van der Waals surface area contributed by atoms with E-state index in [-0.39, 0.29) is 24.1 Å². The molecular weight excluding hydrogens is 618 g/mol. The molecule has 298 valence electrons. The van der Waals surface area contributed by atoms with E-state index in [0.29, 0.717) is 12.8 Å². The van der Waals surface area contributed by atoms with Crippen LogP contribution in [0.2, 0.25) is 0 Å². The molecule has 5 nitrogen and oxygen atoms in total. The van der Waals surface area contributed by atoms with Crippen molar-refractivity contribution in [2.75, 3.05) is 20.1 Å². The van der Waals surface area contributed by atoms with Gasteiger partial charge in [0.1, 0.15) is 12.2 Å². The number of carbonyl (C=O) groups excluding carboxylic acids is 2. The van der Waals surface area contributed by atoms with Crippen LogP contribution in [0.25, 0.3) is 0 Å². The van der Waals surface area contributed by atoms with E-state index in [1.165, 1.54) is 154 Å². The lowest BCUT2D eigenvalue weighted by molar-refractivity contribution is -0.150. The summed E-state index contributed by atoms with van der Waals surface area (Å²) in [6.45, 7) is 11.2. The van der Waals surface area contributed by atoms with Crippen LogP contribution in [-0.2, 0) is 19.1 Å². The van der Waals surface area contributed by atoms with Gasteiger partial charge in [-0.1, -0.05) is 163 Å². The van der Waals surface area contributed by atoms with E-state index < -0.39 is 0 Å². The molecule has 0 N–H and O–H groups in total. The van der Waals surface area contributed by atoms with E-state index in [2.05, 4.69) is 39.6 Å². The summed E-state index contributed by atoms with van der Waals surface area (Å²) >= 11 is 0. The smallest absolute Gasteiger partial charge is 0.306 e. The molecule has 0 aliphatic rings. The third-order valence-corrected chi connectivity index (χ3v) is 10.5. The molecule has 0 saturated heterocycles. The zero-order chi connectivity index (χ0) is 36.8. The highest BCUT2D eigenvalue weighted by atomic mass is 16.5. The van der Waals surface area contributed by atoms with E-state index >= 15 is 0 Å². The Hall–Kier alpha value is -1.10. The molecule has 0 heterocycles. The molecular formula is C45H89NO4. The number of carbonyl (C=O) groups is 2. The van der Waals surface area contributed by atoms with Gasteiger partial charge in [0.2, 0.25) is 0 Å². The quantitative estimate of drug-likeness (QED) is 0.0469. The highest BCUT2D eigenvalue weighted by molar-refractivity contribution is 5.69. The van der Waals surface area contributed by atoms with E-state index in [1.807, 2.05) is 0 Å². The van der Waals surface area contributed by atoms with Crippen molar-refractivity contribution in [3.63, 3.8) is 0 Å². The topological polar surface area (TPSA) is 55.8 Å². The van der Waals surface area contributed by atoms with Crippen molar-refractivity contribution in [3.8, 4) is 0 Å². The molecule has 1 unspecified atom stereocenters. The summed E-state index contributed by atoms with van der Waals surface area (Å²) in [6.07, 6.45) is 40.3. The zero-order valence-electron chi connectivity index (χ0n) is 34.7. The molecule has 0 amide bonds. The first-order valence-corrected chi connectivity index (χ1v) is 22.5. The average molecular weight is 708 g/mol. The first kappa shape index (κ1) is 48.9. The molecule has 0 radical (unpaired) electrons. The molecule has 0 aliphatic heterocycles. The van der Waals surface area contributed by atoms with Crippen molar-refractivity contribution >= 4 is 11.9 Å². The Morgan fingerprint density at radius 2 is 0.700 bits per heavy atom. The van der Waals surface area contributed by atoms with E-state index in [1.54, 1.807) is 0 Å². The largest absolute Gasteiger partial charge is 0.462 e. The molecule has 0 aliphatic carbocycles. The number of rotatable bonds is 40. The summed E-state index contributed by atoms with van der Waals surface area (Å²) in [5.74, 6) is 0.0457. The number of unbranched alkanes of at least 4 members (excludes halogenated alkanes) is 23. The Bertz CT molecular complexity index is 697. The summed E-state index contributed by atoms with van der Waals surface area (Å²) in [6, 6.07) is 0. The number of hydrogen-bond acceptors (Lipinski definition) is 5. The maximum Gasteiger partial charge on any atom is 0.306 e. The fourth-order valence-corrected chi connectivity index (χ4v) is 7.03. The summed E-state index contributed by atoms with van der Waals surface area (Å²) in [5.41, 5.74) is 0. The molecule has 0 aromatic rings. The average Bonchev–Trinajstić information content (AvgIpc) is 3.11. The van der Waals surface area contributed by atoms with Crippen LogP contribution in [0.4, 0.5) is 0 Å². The van der Waals surface area contributed by atoms with Crippen LogP contribution in [0.3, 0.4) is 0 Å². The monoisotopic (exact) mass is 708 g/mol. The Kier molecular flexibility index (Phi) is 38.3. The third-order valence-electron chi connectivity index (χ3n) is 10.5. The molecule has 0 fully saturated rings. The van der Waals surface area contributed by atoms with Gasteiger partial charge in [-0.25, -0.2) is 0 Å².